The summed E-state index contributed by atoms with van der Waals surface area (Å²) in [4.78, 5) is 21.9. The van der Waals surface area contributed by atoms with Gasteiger partial charge in [-0.3, -0.25) is 20.2 Å². The third kappa shape index (κ3) is 3.39. The Hall–Kier alpha value is -3.14. The number of aromatic nitrogens is 2. The molecular weight excluding hydrogens is 439 g/mol. The lowest BCUT2D eigenvalue weighted by atomic mass is 9.96. The highest BCUT2D eigenvalue weighted by atomic mass is 35.5. The number of nitro groups is 2. The first kappa shape index (κ1) is 19.2. The summed E-state index contributed by atoms with van der Waals surface area (Å²) in [6, 6.07) is 12.0. The number of rotatable bonds is 4. The van der Waals surface area contributed by atoms with Gasteiger partial charge in [0.05, 0.1) is 32.7 Å². The summed E-state index contributed by atoms with van der Waals surface area (Å²) < 4.78 is 8.55. The molecule has 8 nitrogen and oxygen atoms in total. The highest BCUT2D eigenvalue weighted by Gasteiger charge is 2.23. The molecule has 0 spiro atoms. The summed E-state index contributed by atoms with van der Waals surface area (Å²) in [6.45, 7) is 0. The van der Waals surface area contributed by atoms with E-state index in [0.29, 0.717) is 33.3 Å². The summed E-state index contributed by atoms with van der Waals surface area (Å²) in [5.41, 5.74) is 2.09. The van der Waals surface area contributed by atoms with Crippen molar-refractivity contribution in [2.75, 3.05) is 0 Å². The van der Waals surface area contributed by atoms with Gasteiger partial charge in [-0.1, -0.05) is 35.3 Å². The number of hydrogen-bond acceptors (Lipinski definition) is 7. The molecular formula is C18H8Cl2N4O4S. The number of nitrogens with zero attached hydrogens (tertiary/aromatic N) is 4. The van der Waals surface area contributed by atoms with Crippen molar-refractivity contribution < 1.29 is 9.85 Å². The zero-order chi connectivity index (χ0) is 20.7. The van der Waals surface area contributed by atoms with Crippen LogP contribution in [0.2, 0.25) is 10.0 Å². The monoisotopic (exact) mass is 446 g/mol. The van der Waals surface area contributed by atoms with Crippen LogP contribution in [0.3, 0.4) is 0 Å². The molecule has 1 heterocycles. The predicted octanol–water partition coefficient (Wildman–Crippen LogP) is 6.15. The van der Waals surface area contributed by atoms with Crippen molar-refractivity contribution in [3.63, 3.8) is 0 Å². The third-order valence-corrected chi connectivity index (χ3v) is 5.31. The maximum atomic E-state index is 11.5. The lowest BCUT2D eigenvalue weighted by Crippen LogP contribution is -1.95. The minimum atomic E-state index is -0.523. The van der Waals surface area contributed by atoms with E-state index in [0.717, 1.165) is 11.7 Å². The van der Waals surface area contributed by atoms with Gasteiger partial charge >= 0.3 is 0 Å². The molecule has 0 aliphatic heterocycles. The lowest BCUT2D eigenvalue weighted by molar-refractivity contribution is -0.384. The van der Waals surface area contributed by atoms with E-state index in [-0.39, 0.29) is 21.4 Å². The summed E-state index contributed by atoms with van der Waals surface area (Å²) in [7, 11) is 0. The molecule has 0 radical (unpaired) electrons. The van der Waals surface area contributed by atoms with Crippen LogP contribution in [0.4, 0.5) is 11.4 Å². The van der Waals surface area contributed by atoms with Crippen LogP contribution in [0, 0.1) is 20.2 Å². The number of nitro benzene ring substituents is 2. The van der Waals surface area contributed by atoms with Crippen LogP contribution >= 0.6 is 34.9 Å². The van der Waals surface area contributed by atoms with Gasteiger partial charge in [0.15, 0.2) is 0 Å². The molecule has 29 heavy (non-hydrogen) atoms. The molecule has 0 N–H and O–H groups in total. The zero-order valence-corrected chi connectivity index (χ0v) is 16.5. The van der Waals surface area contributed by atoms with Crippen molar-refractivity contribution in [1.29, 1.82) is 0 Å². The topological polar surface area (TPSA) is 112 Å². The Bertz CT molecular complexity index is 1210. The first-order valence-electron chi connectivity index (χ1n) is 8.00. The molecule has 0 aliphatic rings. The molecule has 0 aliphatic carbocycles. The smallest absolute Gasteiger partial charge is 0.258 e. The van der Waals surface area contributed by atoms with Gasteiger partial charge in [0.25, 0.3) is 11.4 Å². The number of benzene rings is 3. The van der Waals surface area contributed by atoms with E-state index in [1.165, 1.54) is 12.1 Å². The molecule has 3 aromatic carbocycles. The van der Waals surface area contributed by atoms with Crippen LogP contribution < -0.4 is 0 Å². The van der Waals surface area contributed by atoms with Crippen molar-refractivity contribution in [3.05, 3.63) is 78.8 Å². The summed E-state index contributed by atoms with van der Waals surface area (Å²) in [5, 5.41) is 23.5. The Balaban J connectivity index is 1.99. The van der Waals surface area contributed by atoms with Gasteiger partial charge in [0.1, 0.15) is 11.0 Å². The van der Waals surface area contributed by atoms with E-state index in [1.807, 2.05) is 0 Å². The van der Waals surface area contributed by atoms with Crippen molar-refractivity contribution in [2.24, 2.45) is 0 Å². The molecule has 4 rings (SSSR count). The van der Waals surface area contributed by atoms with E-state index in [4.69, 9.17) is 23.2 Å². The summed E-state index contributed by atoms with van der Waals surface area (Å²) in [5.74, 6) is 0. The fraction of sp³-hybridized carbons (Fsp3) is 0. The number of fused-ring (bicyclic) bond motifs is 1. The molecule has 0 saturated carbocycles. The standard InChI is InChI=1S/C18H8Cl2N4O4S/c19-9-1-3-11(15(7-9)23(25)26)13-5-6-14(18-17(13)21-29-22-18)12-4-2-10(20)8-16(12)24(27)28/h1-8H. The van der Waals surface area contributed by atoms with Gasteiger partial charge in [-0.05, 0) is 24.3 Å². The third-order valence-electron chi connectivity index (χ3n) is 4.31. The summed E-state index contributed by atoms with van der Waals surface area (Å²) in [6.07, 6.45) is 0. The second-order valence-electron chi connectivity index (χ2n) is 5.96. The Morgan fingerprint density at radius 3 is 1.45 bits per heavy atom. The summed E-state index contributed by atoms with van der Waals surface area (Å²) >= 11 is 12.7. The first-order valence-corrected chi connectivity index (χ1v) is 9.49. The molecule has 0 atom stereocenters. The Morgan fingerprint density at radius 1 is 0.690 bits per heavy atom. The second kappa shape index (κ2) is 7.36. The Kier molecular flexibility index (Phi) is 4.87. The average Bonchev–Trinajstić information content (AvgIpc) is 3.17. The maximum absolute atomic E-state index is 11.5. The Morgan fingerprint density at radius 2 is 1.07 bits per heavy atom. The number of hydrogen-bond donors (Lipinski definition) is 0. The van der Waals surface area contributed by atoms with Crippen LogP contribution in [0.25, 0.3) is 33.3 Å². The average molecular weight is 447 g/mol. The van der Waals surface area contributed by atoms with Gasteiger partial charge in [0, 0.05) is 33.3 Å². The van der Waals surface area contributed by atoms with Crippen LogP contribution in [0.5, 0.6) is 0 Å². The van der Waals surface area contributed by atoms with Crippen LogP contribution in [-0.4, -0.2) is 18.6 Å². The molecule has 0 bridgehead atoms. The maximum Gasteiger partial charge on any atom is 0.278 e. The predicted molar refractivity (Wildman–Crippen MR) is 112 cm³/mol. The molecule has 0 fully saturated rings. The molecule has 0 amide bonds. The van der Waals surface area contributed by atoms with Gasteiger partial charge < -0.3 is 0 Å². The van der Waals surface area contributed by atoms with Crippen molar-refractivity contribution in [3.8, 4) is 22.3 Å². The highest BCUT2D eigenvalue weighted by molar-refractivity contribution is 7.00. The van der Waals surface area contributed by atoms with E-state index >= 15 is 0 Å². The Labute approximate surface area is 177 Å². The van der Waals surface area contributed by atoms with Crippen molar-refractivity contribution >= 4 is 57.3 Å². The van der Waals surface area contributed by atoms with E-state index < -0.39 is 9.85 Å². The van der Waals surface area contributed by atoms with Gasteiger partial charge in [-0.2, -0.15) is 8.75 Å². The van der Waals surface area contributed by atoms with Crippen LogP contribution in [0.15, 0.2) is 48.5 Å². The molecule has 144 valence electrons. The fourth-order valence-electron chi connectivity index (χ4n) is 3.07. The van der Waals surface area contributed by atoms with Crippen LogP contribution in [0.1, 0.15) is 0 Å². The molecule has 11 heteroatoms. The van der Waals surface area contributed by atoms with Gasteiger partial charge in [-0.15, -0.1) is 0 Å². The van der Waals surface area contributed by atoms with E-state index in [1.54, 1.807) is 36.4 Å². The van der Waals surface area contributed by atoms with Gasteiger partial charge in [0.2, 0.25) is 0 Å². The first-order chi connectivity index (χ1) is 13.9. The minimum Gasteiger partial charge on any atom is -0.258 e. The molecule has 0 saturated heterocycles. The van der Waals surface area contributed by atoms with E-state index in [9.17, 15) is 20.2 Å². The quantitative estimate of drug-likeness (QED) is 0.274. The minimum absolute atomic E-state index is 0.169. The van der Waals surface area contributed by atoms with Crippen LogP contribution in [-0.2, 0) is 0 Å². The molecule has 0 unspecified atom stereocenters. The largest absolute Gasteiger partial charge is 0.278 e. The van der Waals surface area contributed by atoms with E-state index in [2.05, 4.69) is 8.75 Å². The van der Waals surface area contributed by atoms with Crippen molar-refractivity contribution in [1.82, 2.24) is 8.75 Å². The second-order valence-corrected chi connectivity index (χ2v) is 7.36. The highest BCUT2D eigenvalue weighted by Crippen LogP contribution is 2.41. The fourth-order valence-corrected chi connectivity index (χ4v) is 3.97. The lowest BCUT2D eigenvalue weighted by Gasteiger charge is -2.08. The number of halogens is 2. The molecule has 4 aromatic rings. The zero-order valence-electron chi connectivity index (χ0n) is 14.2. The molecule has 1 aromatic heterocycles. The normalized spacial score (nSPS) is 11.0. The van der Waals surface area contributed by atoms with Gasteiger partial charge in [-0.25, -0.2) is 0 Å². The SMILES string of the molecule is O=[N+]([O-])c1cc(Cl)ccc1-c1ccc(-c2ccc(Cl)cc2[N+](=O)[O-])c2nsnc12. The van der Waals surface area contributed by atoms with Crippen molar-refractivity contribution in [2.45, 2.75) is 0 Å².